The first-order valence-electron chi connectivity index (χ1n) is 4.77. The van der Waals surface area contributed by atoms with Crippen molar-refractivity contribution in [1.82, 2.24) is 10.3 Å². The number of aromatic nitrogens is 1. The van der Waals surface area contributed by atoms with Gasteiger partial charge in [0.15, 0.2) is 0 Å². The van der Waals surface area contributed by atoms with E-state index in [1.165, 1.54) is 11.3 Å². The minimum absolute atomic E-state index is 0.0410. The molecule has 0 fully saturated rings. The molecule has 0 aliphatic carbocycles. The monoisotopic (exact) mass is 210 g/mol. The highest BCUT2D eigenvalue weighted by Gasteiger charge is 2.26. The highest BCUT2D eigenvalue weighted by molar-refractivity contribution is 7.14. The number of carbonyl (C=O) groups excluding carboxylic acids is 1. The van der Waals surface area contributed by atoms with E-state index in [0.717, 1.165) is 28.5 Å². The zero-order chi connectivity index (χ0) is 10.3. The van der Waals surface area contributed by atoms with Gasteiger partial charge in [-0.15, -0.1) is 11.3 Å². The Balaban J connectivity index is 2.45. The summed E-state index contributed by atoms with van der Waals surface area (Å²) in [7, 11) is 0. The zero-order valence-corrected chi connectivity index (χ0v) is 9.49. The van der Waals surface area contributed by atoms with Crippen LogP contribution in [0, 0.1) is 0 Å². The van der Waals surface area contributed by atoms with E-state index in [9.17, 15) is 4.79 Å². The van der Waals surface area contributed by atoms with Crippen molar-refractivity contribution in [2.45, 2.75) is 32.6 Å². The number of fused-ring (bicyclic) bond motifs is 1. The highest BCUT2D eigenvalue weighted by atomic mass is 32.1. The molecule has 4 heteroatoms. The standard InChI is InChI=1S/C10H14N2OS/c1-10(2,3)9-12-6-4-5-11-8(13)7(6)14-9/h4-5H2,1-3H3,(H,11,13). The molecule has 0 aromatic carbocycles. The second-order valence-electron chi connectivity index (χ2n) is 4.55. The van der Waals surface area contributed by atoms with Crippen molar-refractivity contribution in [1.29, 1.82) is 0 Å². The van der Waals surface area contributed by atoms with E-state index in [4.69, 9.17) is 0 Å². The number of nitrogens with one attached hydrogen (secondary N) is 1. The summed E-state index contributed by atoms with van der Waals surface area (Å²) in [5.74, 6) is 0.0410. The predicted octanol–water partition coefficient (Wildman–Crippen LogP) is 1.73. The third-order valence-corrected chi connectivity index (χ3v) is 3.71. The summed E-state index contributed by atoms with van der Waals surface area (Å²) in [5.41, 5.74) is 1.02. The van der Waals surface area contributed by atoms with Gasteiger partial charge < -0.3 is 5.32 Å². The topological polar surface area (TPSA) is 42.0 Å². The molecule has 1 amide bonds. The molecule has 76 valence electrons. The fraction of sp³-hybridized carbons (Fsp3) is 0.600. The number of nitrogens with zero attached hydrogens (tertiary/aromatic N) is 1. The smallest absolute Gasteiger partial charge is 0.263 e. The Hall–Kier alpha value is -0.900. The van der Waals surface area contributed by atoms with Gasteiger partial charge in [0, 0.05) is 18.4 Å². The molecular formula is C10H14N2OS. The summed E-state index contributed by atoms with van der Waals surface area (Å²) in [6.45, 7) is 7.08. The molecule has 1 aliphatic rings. The van der Waals surface area contributed by atoms with Crippen LogP contribution in [-0.2, 0) is 11.8 Å². The molecule has 1 aromatic heterocycles. The van der Waals surface area contributed by atoms with Crippen molar-refractivity contribution >= 4 is 17.2 Å². The molecule has 1 N–H and O–H groups in total. The number of hydrogen-bond donors (Lipinski definition) is 1. The number of thiazole rings is 1. The van der Waals surface area contributed by atoms with Gasteiger partial charge in [-0.05, 0) is 0 Å². The van der Waals surface area contributed by atoms with Gasteiger partial charge in [-0.1, -0.05) is 20.8 Å². The molecule has 0 saturated carbocycles. The Labute approximate surface area is 87.6 Å². The molecule has 0 atom stereocenters. The van der Waals surface area contributed by atoms with E-state index in [0.29, 0.717) is 0 Å². The van der Waals surface area contributed by atoms with Crippen LogP contribution in [0.15, 0.2) is 0 Å². The van der Waals surface area contributed by atoms with Crippen LogP contribution < -0.4 is 5.32 Å². The van der Waals surface area contributed by atoms with Crippen molar-refractivity contribution in [2.75, 3.05) is 6.54 Å². The van der Waals surface area contributed by atoms with Crippen LogP contribution in [-0.4, -0.2) is 17.4 Å². The summed E-state index contributed by atoms with van der Waals surface area (Å²) in [6.07, 6.45) is 0.869. The second kappa shape index (κ2) is 3.05. The van der Waals surface area contributed by atoms with Gasteiger partial charge in [-0.25, -0.2) is 4.98 Å². The minimum Gasteiger partial charge on any atom is -0.351 e. The molecule has 2 rings (SSSR count). The van der Waals surface area contributed by atoms with Crippen LogP contribution in [0.1, 0.15) is 41.1 Å². The molecule has 0 bridgehead atoms. The van der Waals surface area contributed by atoms with E-state index in [1.54, 1.807) is 0 Å². The van der Waals surface area contributed by atoms with Gasteiger partial charge in [-0.3, -0.25) is 4.79 Å². The Morgan fingerprint density at radius 3 is 2.71 bits per heavy atom. The van der Waals surface area contributed by atoms with E-state index in [1.807, 2.05) is 0 Å². The lowest BCUT2D eigenvalue weighted by Crippen LogP contribution is -2.30. The van der Waals surface area contributed by atoms with Crippen molar-refractivity contribution in [2.24, 2.45) is 0 Å². The molecular weight excluding hydrogens is 196 g/mol. The Bertz CT molecular complexity index is 376. The van der Waals surface area contributed by atoms with Crippen LogP contribution in [0.2, 0.25) is 0 Å². The fourth-order valence-corrected chi connectivity index (χ4v) is 2.48. The number of hydrogen-bond acceptors (Lipinski definition) is 3. The van der Waals surface area contributed by atoms with E-state index < -0.39 is 0 Å². The van der Waals surface area contributed by atoms with E-state index in [-0.39, 0.29) is 11.3 Å². The van der Waals surface area contributed by atoms with Crippen molar-refractivity contribution < 1.29 is 4.79 Å². The van der Waals surface area contributed by atoms with E-state index in [2.05, 4.69) is 31.1 Å². The average Bonchev–Trinajstić information content (AvgIpc) is 2.48. The molecule has 14 heavy (non-hydrogen) atoms. The highest BCUT2D eigenvalue weighted by Crippen LogP contribution is 2.30. The van der Waals surface area contributed by atoms with Crippen molar-refractivity contribution in [3.63, 3.8) is 0 Å². The number of carbonyl (C=O) groups is 1. The van der Waals surface area contributed by atoms with Gasteiger partial charge in [0.1, 0.15) is 4.88 Å². The Morgan fingerprint density at radius 2 is 2.14 bits per heavy atom. The van der Waals surface area contributed by atoms with Gasteiger partial charge >= 0.3 is 0 Å². The number of rotatable bonds is 0. The van der Waals surface area contributed by atoms with E-state index >= 15 is 0 Å². The lowest BCUT2D eigenvalue weighted by molar-refractivity contribution is 0.0950. The van der Waals surface area contributed by atoms with Gasteiger partial charge in [0.05, 0.1) is 10.7 Å². The molecule has 1 aliphatic heterocycles. The summed E-state index contributed by atoms with van der Waals surface area (Å²) >= 11 is 1.53. The van der Waals surface area contributed by atoms with Crippen LogP contribution in [0.3, 0.4) is 0 Å². The Morgan fingerprint density at radius 1 is 1.43 bits per heavy atom. The van der Waals surface area contributed by atoms with Crippen molar-refractivity contribution in [3.8, 4) is 0 Å². The maximum Gasteiger partial charge on any atom is 0.263 e. The lowest BCUT2D eigenvalue weighted by atomic mass is 9.98. The quantitative estimate of drug-likeness (QED) is 0.708. The van der Waals surface area contributed by atoms with Crippen LogP contribution in [0.4, 0.5) is 0 Å². The first kappa shape index (κ1) is 9.65. The maximum absolute atomic E-state index is 11.5. The molecule has 3 nitrogen and oxygen atoms in total. The first-order chi connectivity index (χ1) is 6.48. The Kier molecular flexibility index (Phi) is 2.10. The normalized spacial score (nSPS) is 16.4. The minimum atomic E-state index is 0.0410. The number of amides is 1. The van der Waals surface area contributed by atoms with Gasteiger partial charge in [0.2, 0.25) is 0 Å². The zero-order valence-electron chi connectivity index (χ0n) is 8.68. The van der Waals surface area contributed by atoms with Crippen molar-refractivity contribution in [3.05, 3.63) is 15.6 Å². The summed E-state index contributed by atoms with van der Waals surface area (Å²) in [4.78, 5) is 16.8. The third kappa shape index (κ3) is 1.54. The molecule has 0 unspecified atom stereocenters. The van der Waals surface area contributed by atoms with Crippen LogP contribution in [0.25, 0.3) is 0 Å². The second-order valence-corrected chi connectivity index (χ2v) is 5.55. The molecule has 0 saturated heterocycles. The predicted molar refractivity (Wildman–Crippen MR) is 56.9 cm³/mol. The molecule has 0 spiro atoms. The van der Waals surface area contributed by atoms with Crippen LogP contribution in [0.5, 0.6) is 0 Å². The largest absolute Gasteiger partial charge is 0.351 e. The first-order valence-corrected chi connectivity index (χ1v) is 5.58. The lowest BCUT2D eigenvalue weighted by Gasteiger charge is -2.13. The van der Waals surface area contributed by atoms with Crippen LogP contribution >= 0.6 is 11.3 Å². The molecule has 0 radical (unpaired) electrons. The fourth-order valence-electron chi connectivity index (χ4n) is 1.39. The molecule has 2 heterocycles. The maximum atomic E-state index is 11.5. The third-order valence-electron chi connectivity index (χ3n) is 2.19. The summed E-state index contributed by atoms with van der Waals surface area (Å²) < 4.78 is 0. The SMILES string of the molecule is CC(C)(C)c1nc2c(s1)C(=O)NCC2. The summed E-state index contributed by atoms with van der Waals surface area (Å²) in [5, 5.41) is 3.89. The van der Waals surface area contributed by atoms with Gasteiger partial charge in [0.25, 0.3) is 5.91 Å². The van der Waals surface area contributed by atoms with Gasteiger partial charge in [-0.2, -0.15) is 0 Å². The molecule has 1 aromatic rings. The average molecular weight is 210 g/mol. The summed E-state index contributed by atoms with van der Waals surface area (Å²) in [6, 6.07) is 0.